The maximum absolute atomic E-state index is 13.5. The van der Waals surface area contributed by atoms with E-state index in [1.54, 1.807) is 29.5 Å². The van der Waals surface area contributed by atoms with Crippen LogP contribution in [-0.4, -0.2) is 18.1 Å². The number of ether oxygens (including phenoxy) is 1. The van der Waals surface area contributed by atoms with E-state index < -0.39 is 0 Å². The Balaban J connectivity index is 1.92. The second kappa shape index (κ2) is 7.00. The fourth-order valence-corrected chi connectivity index (χ4v) is 2.97. The monoisotopic (exact) mass is 308 g/mol. The summed E-state index contributed by atoms with van der Waals surface area (Å²) in [7, 11) is 0. The lowest BCUT2D eigenvalue weighted by Gasteiger charge is -2.22. The summed E-state index contributed by atoms with van der Waals surface area (Å²) in [5.74, 6) is -0.0222. The van der Waals surface area contributed by atoms with E-state index in [4.69, 9.17) is 10.5 Å². The molecule has 0 spiro atoms. The quantitative estimate of drug-likeness (QED) is 0.851. The van der Waals surface area contributed by atoms with Crippen LogP contribution in [0.25, 0.3) is 0 Å². The van der Waals surface area contributed by atoms with E-state index in [9.17, 15) is 4.39 Å². The second-order valence-electron chi connectivity index (χ2n) is 5.60. The second-order valence-corrected chi connectivity index (χ2v) is 6.45. The van der Waals surface area contributed by atoms with Crippen LogP contribution in [-0.2, 0) is 11.8 Å². The lowest BCUT2D eigenvalue weighted by atomic mass is 9.90. The van der Waals surface area contributed by atoms with Crippen LogP contribution in [0, 0.1) is 5.82 Å². The molecule has 2 N–H and O–H groups in total. The molecule has 0 aliphatic heterocycles. The minimum Gasteiger partial charge on any atom is -0.490 e. The van der Waals surface area contributed by atoms with Crippen LogP contribution in [0.5, 0.6) is 5.75 Å². The lowest BCUT2D eigenvalue weighted by Crippen LogP contribution is -2.21. The van der Waals surface area contributed by atoms with Gasteiger partial charge in [0.25, 0.3) is 0 Å². The first kappa shape index (κ1) is 15.9. The molecule has 0 saturated carbocycles. The molecular weight excluding hydrogens is 287 g/mol. The highest BCUT2D eigenvalue weighted by Crippen LogP contribution is 2.30. The molecule has 0 atom stereocenters. The van der Waals surface area contributed by atoms with Gasteiger partial charge in [0.1, 0.15) is 0 Å². The van der Waals surface area contributed by atoms with Crippen LogP contribution in [0.1, 0.15) is 31.0 Å². The number of nitrogens with zero attached hydrogens (tertiary/aromatic N) is 1. The average molecular weight is 308 g/mol. The van der Waals surface area contributed by atoms with E-state index in [-0.39, 0.29) is 11.2 Å². The SMILES string of the molecule is CC(C)(CCOc1ccccc1F)c1nc(CCN)cs1. The molecule has 0 aliphatic rings. The van der Waals surface area contributed by atoms with Gasteiger partial charge in [0, 0.05) is 17.2 Å². The van der Waals surface area contributed by atoms with Crippen LogP contribution in [0.4, 0.5) is 4.39 Å². The summed E-state index contributed by atoms with van der Waals surface area (Å²) < 4.78 is 19.0. The minimum absolute atomic E-state index is 0.0945. The number of thiazole rings is 1. The van der Waals surface area contributed by atoms with Gasteiger partial charge >= 0.3 is 0 Å². The van der Waals surface area contributed by atoms with Crippen LogP contribution < -0.4 is 10.5 Å². The van der Waals surface area contributed by atoms with Gasteiger partial charge in [0.05, 0.1) is 17.3 Å². The smallest absolute Gasteiger partial charge is 0.165 e. The Hall–Kier alpha value is -1.46. The molecule has 2 rings (SSSR count). The van der Waals surface area contributed by atoms with Crippen molar-refractivity contribution in [2.75, 3.05) is 13.2 Å². The maximum Gasteiger partial charge on any atom is 0.165 e. The predicted molar refractivity (Wildman–Crippen MR) is 84.4 cm³/mol. The highest BCUT2D eigenvalue weighted by Gasteiger charge is 2.24. The topological polar surface area (TPSA) is 48.1 Å². The van der Waals surface area contributed by atoms with Crippen molar-refractivity contribution in [3.8, 4) is 5.75 Å². The molecule has 114 valence electrons. The van der Waals surface area contributed by atoms with E-state index in [2.05, 4.69) is 24.2 Å². The van der Waals surface area contributed by atoms with Crippen LogP contribution in [0.3, 0.4) is 0 Å². The van der Waals surface area contributed by atoms with Crippen LogP contribution in [0.15, 0.2) is 29.6 Å². The largest absolute Gasteiger partial charge is 0.490 e. The number of hydrogen-bond acceptors (Lipinski definition) is 4. The molecule has 3 nitrogen and oxygen atoms in total. The molecule has 0 bridgehead atoms. The predicted octanol–water partition coefficient (Wildman–Crippen LogP) is 3.53. The van der Waals surface area contributed by atoms with E-state index in [0.29, 0.717) is 18.9 Å². The summed E-state index contributed by atoms with van der Waals surface area (Å²) in [5, 5.41) is 3.13. The third-order valence-electron chi connectivity index (χ3n) is 3.35. The number of benzene rings is 1. The van der Waals surface area contributed by atoms with Gasteiger partial charge in [-0.2, -0.15) is 0 Å². The molecular formula is C16H21FN2OS. The van der Waals surface area contributed by atoms with Crippen molar-refractivity contribution in [1.82, 2.24) is 4.98 Å². The van der Waals surface area contributed by atoms with Gasteiger partial charge in [-0.1, -0.05) is 26.0 Å². The third-order valence-corrected chi connectivity index (χ3v) is 4.61. The Labute approximate surface area is 129 Å². The lowest BCUT2D eigenvalue weighted by molar-refractivity contribution is 0.261. The van der Waals surface area contributed by atoms with Crippen molar-refractivity contribution in [3.63, 3.8) is 0 Å². The van der Waals surface area contributed by atoms with Crippen LogP contribution >= 0.6 is 11.3 Å². The fourth-order valence-electron chi connectivity index (χ4n) is 1.97. The molecule has 5 heteroatoms. The molecule has 0 fully saturated rings. The molecule has 0 amide bonds. The first-order valence-corrected chi connectivity index (χ1v) is 7.93. The number of aromatic nitrogens is 1. The van der Waals surface area contributed by atoms with Crippen molar-refractivity contribution in [3.05, 3.63) is 46.2 Å². The first-order chi connectivity index (χ1) is 10.0. The van der Waals surface area contributed by atoms with Gasteiger partial charge in [0.15, 0.2) is 11.6 Å². The van der Waals surface area contributed by atoms with Gasteiger partial charge in [-0.25, -0.2) is 9.37 Å². The van der Waals surface area contributed by atoms with Gasteiger partial charge in [0.2, 0.25) is 0 Å². The van der Waals surface area contributed by atoms with Gasteiger partial charge in [-0.05, 0) is 25.1 Å². The minimum atomic E-state index is -0.324. The Morgan fingerprint density at radius 3 is 2.81 bits per heavy atom. The van der Waals surface area contributed by atoms with E-state index >= 15 is 0 Å². The number of nitrogens with two attached hydrogens (primary N) is 1. The summed E-state index contributed by atoms with van der Waals surface area (Å²) in [6, 6.07) is 6.47. The summed E-state index contributed by atoms with van der Waals surface area (Å²) in [6.07, 6.45) is 1.58. The number of hydrogen-bond donors (Lipinski definition) is 1. The molecule has 1 heterocycles. The zero-order valence-electron chi connectivity index (χ0n) is 12.4. The molecule has 2 aromatic rings. The Morgan fingerprint density at radius 1 is 1.33 bits per heavy atom. The molecule has 0 saturated heterocycles. The summed E-state index contributed by atoms with van der Waals surface area (Å²) in [4.78, 5) is 4.62. The van der Waals surface area contributed by atoms with E-state index in [1.807, 2.05) is 0 Å². The average Bonchev–Trinajstić information content (AvgIpc) is 2.91. The normalized spacial score (nSPS) is 11.6. The highest BCUT2D eigenvalue weighted by atomic mass is 32.1. The zero-order valence-corrected chi connectivity index (χ0v) is 13.3. The Kier molecular flexibility index (Phi) is 5.31. The van der Waals surface area contributed by atoms with Gasteiger partial charge in [-0.15, -0.1) is 11.3 Å². The van der Waals surface area contributed by atoms with Crippen molar-refractivity contribution in [2.45, 2.75) is 32.1 Å². The van der Waals surface area contributed by atoms with Crippen molar-refractivity contribution in [1.29, 1.82) is 0 Å². The Morgan fingerprint density at radius 2 is 2.10 bits per heavy atom. The molecule has 0 unspecified atom stereocenters. The number of halogens is 1. The first-order valence-electron chi connectivity index (χ1n) is 7.05. The maximum atomic E-state index is 13.5. The molecule has 1 aromatic heterocycles. The summed E-state index contributed by atoms with van der Waals surface area (Å²) in [5.41, 5.74) is 6.49. The standard InChI is InChI=1S/C16H21FN2OS/c1-16(2,15-19-12(7-9-18)11-21-15)8-10-20-14-6-4-3-5-13(14)17/h3-6,11H,7-10,18H2,1-2H3. The zero-order chi connectivity index (χ0) is 15.3. The number of para-hydroxylation sites is 1. The van der Waals surface area contributed by atoms with Crippen molar-refractivity contribution in [2.24, 2.45) is 5.73 Å². The molecule has 0 aliphatic carbocycles. The molecule has 0 radical (unpaired) electrons. The van der Waals surface area contributed by atoms with Crippen molar-refractivity contribution >= 4 is 11.3 Å². The van der Waals surface area contributed by atoms with Gasteiger partial charge in [-0.3, -0.25) is 0 Å². The summed E-state index contributed by atoms with van der Waals surface area (Å²) in [6.45, 7) is 5.32. The molecule has 1 aromatic carbocycles. The third kappa shape index (κ3) is 4.25. The van der Waals surface area contributed by atoms with Crippen LogP contribution in [0.2, 0.25) is 0 Å². The van der Waals surface area contributed by atoms with E-state index in [0.717, 1.165) is 23.5 Å². The fraction of sp³-hybridized carbons (Fsp3) is 0.438. The Bertz CT molecular complexity index is 583. The molecule has 21 heavy (non-hydrogen) atoms. The van der Waals surface area contributed by atoms with E-state index in [1.165, 1.54) is 6.07 Å². The highest BCUT2D eigenvalue weighted by molar-refractivity contribution is 7.09. The van der Waals surface area contributed by atoms with Gasteiger partial charge < -0.3 is 10.5 Å². The number of rotatable bonds is 7. The summed E-state index contributed by atoms with van der Waals surface area (Å²) >= 11 is 1.65. The van der Waals surface area contributed by atoms with Crippen molar-refractivity contribution < 1.29 is 9.13 Å².